The van der Waals surface area contributed by atoms with Gasteiger partial charge in [-0.2, -0.15) is 0 Å². The summed E-state index contributed by atoms with van der Waals surface area (Å²) in [6.07, 6.45) is -0.809. The lowest BCUT2D eigenvalue weighted by molar-refractivity contribution is -0.143. The number of rotatable bonds is 12. The van der Waals surface area contributed by atoms with Crippen LogP contribution in [0.15, 0.2) is 24.3 Å². The summed E-state index contributed by atoms with van der Waals surface area (Å²) >= 11 is 0. The van der Waals surface area contributed by atoms with Crippen LogP contribution in [0.3, 0.4) is 0 Å². The average molecular weight is 452 g/mol. The van der Waals surface area contributed by atoms with Gasteiger partial charge >= 0.3 is 11.9 Å². The number of carbonyl (C=O) groups excluding carboxylic acids is 3. The molecular formula is C20H28N4O8. The molecule has 1 aromatic carbocycles. The lowest BCUT2D eigenvalue weighted by Crippen LogP contribution is -2.58. The molecule has 12 heteroatoms. The van der Waals surface area contributed by atoms with Crippen LogP contribution in [-0.4, -0.2) is 69.7 Å². The number of phenolic OH excluding ortho intramolecular Hbond substituents is 1. The Hall–Kier alpha value is -3.67. The van der Waals surface area contributed by atoms with Crippen molar-refractivity contribution < 1.29 is 39.3 Å². The van der Waals surface area contributed by atoms with Crippen LogP contribution >= 0.6 is 0 Å². The number of amides is 3. The second-order valence-electron chi connectivity index (χ2n) is 7.42. The zero-order valence-electron chi connectivity index (χ0n) is 17.7. The number of carboxylic acids is 2. The predicted molar refractivity (Wildman–Crippen MR) is 111 cm³/mol. The fourth-order valence-electron chi connectivity index (χ4n) is 2.76. The maximum Gasteiger partial charge on any atom is 0.326 e. The number of nitrogens with one attached hydrogen (secondary N) is 3. The predicted octanol–water partition coefficient (Wildman–Crippen LogP) is -1.44. The minimum Gasteiger partial charge on any atom is -0.508 e. The number of carbonyl (C=O) groups is 5. The molecule has 176 valence electrons. The topological polar surface area (TPSA) is 208 Å². The summed E-state index contributed by atoms with van der Waals surface area (Å²) in [5, 5.41) is 34.7. The standard InChI is InChI=1S/C20H28N4O8/c1-10(2)17(24-18(29)13(8-16(27)28)22-15(26)9-21)19(30)23-14(20(31)32)7-11-3-5-12(25)6-4-11/h3-6,10,13-14,17,25H,7-9,21H2,1-2H3,(H,22,26)(H,23,30)(H,24,29)(H,27,28)(H,31,32). The molecule has 0 radical (unpaired) electrons. The van der Waals surface area contributed by atoms with E-state index in [4.69, 9.17) is 10.8 Å². The molecular weight excluding hydrogens is 424 g/mol. The van der Waals surface area contributed by atoms with Gasteiger partial charge in [0.2, 0.25) is 17.7 Å². The largest absolute Gasteiger partial charge is 0.508 e. The van der Waals surface area contributed by atoms with E-state index < -0.39 is 66.7 Å². The molecule has 1 aromatic rings. The molecule has 3 unspecified atom stereocenters. The van der Waals surface area contributed by atoms with E-state index in [1.165, 1.54) is 24.3 Å². The van der Waals surface area contributed by atoms with Crippen LogP contribution < -0.4 is 21.7 Å². The first kappa shape index (κ1) is 26.4. The first-order chi connectivity index (χ1) is 14.9. The van der Waals surface area contributed by atoms with Gasteiger partial charge in [0.15, 0.2) is 0 Å². The van der Waals surface area contributed by atoms with E-state index in [1.54, 1.807) is 13.8 Å². The molecule has 0 fully saturated rings. The Kier molecular flexibility index (Phi) is 10.1. The molecule has 0 heterocycles. The number of benzene rings is 1. The molecule has 3 atom stereocenters. The zero-order valence-corrected chi connectivity index (χ0v) is 17.7. The molecule has 1 rings (SSSR count). The molecule has 0 aliphatic rings. The number of aliphatic carboxylic acids is 2. The van der Waals surface area contributed by atoms with E-state index in [2.05, 4.69) is 16.0 Å². The van der Waals surface area contributed by atoms with Gasteiger partial charge in [0.05, 0.1) is 13.0 Å². The van der Waals surface area contributed by atoms with Gasteiger partial charge in [-0.3, -0.25) is 19.2 Å². The lowest BCUT2D eigenvalue weighted by atomic mass is 10.0. The van der Waals surface area contributed by atoms with Gasteiger partial charge in [-0.25, -0.2) is 4.79 Å². The van der Waals surface area contributed by atoms with E-state index in [-0.39, 0.29) is 12.2 Å². The summed E-state index contributed by atoms with van der Waals surface area (Å²) in [4.78, 5) is 59.5. The summed E-state index contributed by atoms with van der Waals surface area (Å²) in [6.45, 7) is 2.74. The molecule has 0 saturated heterocycles. The second-order valence-corrected chi connectivity index (χ2v) is 7.42. The number of nitrogens with two attached hydrogens (primary N) is 1. The van der Waals surface area contributed by atoms with Crippen LogP contribution in [0.2, 0.25) is 0 Å². The molecule has 0 spiro atoms. The van der Waals surface area contributed by atoms with Crippen molar-refractivity contribution in [3.05, 3.63) is 29.8 Å². The zero-order chi connectivity index (χ0) is 24.4. The maximum atomic E-state index is 12.7. The van der Waals surface area contributed by atoms with Crippen molar-refractivity contribution in [2.24, 2.45) is 11.7 Å². The third-order valence-electron chi connectivity index (χ3n) is 4.45. The Labute approximate surface area is 184 Å². The van der Waals surface area contributed by atoms with Gasteiger partial charge < -0.3 is 37.0 Å². The normalized spacial score (nSPS) is 13.5. The highest BCUT2D eigenvalue weighted by Crippen LogP contribution is 2.12. The highest BCUT2D eigenvalue weighted by Gasteiger charge is 2.32. The van der Waals surface area contributed by atoms with Crippen LogP contribution in [0.25, 0.3) is 0 Å². The fraction of sp³-hybridized carbons (Fsp3) is 0.450. The third kappa shape index (κ3) is 8.60. The molecule has 8 N–H and O–H groups in total. The highest BCUT2D eigenvalue weighted by molar-refractivity contribution is 5.95. The van der Waals surface area contributed by atoms with Crippen molar-refractivity contribution in [1.29, 1.82) is 0 Å². The number of hydrogen-bond donors (Lipinski definition) is 7. The smallest absolute Gasteiger partial charge is 0.326 e. The Bertz CT molecular complexity index is 841. The second kappa shape index (κ2) is 12.2. The van der Waals surface area contributed by atoms with E-state index in [0.29, 0.717) is 5.56 Å². The number of aromatic hydroxyl groups is 1. The minimum atomic E-state index is -1.47. The van der Waals surface area contributed by atoms with Gasteiger partial charge in [0, 0.05) is 6.42 Å². The van der Waals surface area contributed by atoms with E-state index >= 15 is 0 Å². The van der Waals surface area contributed by atoms with E-state index in [1.807, 2.05) is 0 Å². The minimum absolute atomic E-state index is 0.00452. The lowest BCUT2D eigenvalue weighted by Gasteiger charge is -2.26. The first-order valence-electron chi connectivity index (χ1n) is 9.77. The van der Waals surface area contributed by atoms with E-state index in [9.17, 15) is 34.2 Å². The van der Waals surface area contributed by atoms with Crippen molar-refractivity contribution in [3.63, 3.8) is 0 Å². The molecule has 3 amide bonds. The van der Waals surface area contributed by atoms with Crippen LogP contribution in [0.5, 0.6) is 5.75 Å². The molecule has 32 heavy (non-hydrogen) atoms. The Morgan fingerprint density at radius 2 is 1.50 bits per heavy atom. The summed E-state index contributed by atoms with van der Waals surface area (Å²) in [5.74, 6) is -5.61. The molecule has 12 nitrogen and oxygen atoms in total. The van der Waals surface area contributed by atoms with Gasteiger partial charge in [0.25, 0.3) is 0 Å². The van der Waals surface area contributed by atoms with Crippen LogP contribution in [-0.2, 0) is 30.4 Å². The molecule has 0 bridgehead atoms. The van der Waals surface area contributed by atoms with Crippen molar-refractivity contribution in [2.75, 3.05) is 6.54 Å². The summed E-state index contributed by atoms with van der Waals surface area (Å²) in [7, 11) is 0. The monoisotopic (exact) mass is 452 g/mol. The first-order valence-corrected chi connectivity index (χ1v) is 9.77. The Balaban J connectivity index is 2.94. The van der Waals surface area contributed by atoms with Gasteiger partial charge in [-0.05, 0) is 23.6 Å². The number of hydrogen-bond acceptors (Lipinski definition) is 7. The summed E-state index contributed by atoms with van der Waals surface area (Å²) < 4.78 is 0. The Morgan fingerprint density at radius 3 is 1.97 bits per heavy atom. The molecule has 0 aliphatic heterocycles. The third-order valence-corrected chi connectivity index (χ3v) is 4.45. The molecule has 0 aliphatic carbocycles. The van der Waals surface area contributed by atoms with E-state index in [0.717, 1.165) is 0 Å². The molecule has 0 saturated carbocycles. The van der Waals surface area contributed by atoms with Gasteiger partial charge in [0.1, 0.15) is 23.9 Å². The molecule has 0 aromatic heterocycles. The van der Waals surface area contributed by atoms with Crippen LogP contribution in [0.4, 0.5) is 0 Å². The average Bonchev–Trinajstić information content (AvgIpc) is 2.71. The number of carboxylic acid groups (broad SMARTS) is 2. The van der Waals surface area contributed by atoms with Crippen molar-refractivity contribution in [2.45, 2.75) is 44.8 Å². The fourth-order valence-corrected chi connectivity index (χ4v) is 2.76. The Morgan fingerprint density at radius 1 is 0.906 bits per heavy atom. The summed E-state index contributed by atoms with van der Waals surface area (Å²) in [6, 6.07) is 1.79. The highest BCUT2D eigenvalue weighted by atomic mass is 16.4. The van der Waals surface area contributed by atoms with Crippen LogP contribution in [0.1, 0.15) is 25.8 Å². The summed E-state index contributed by atoms with van der Waals surface area (Å²) in [5.41, 5.74) is 5.73. The maximum absolute atomic E-state index is 12.7. The van der Waals surface area contributed by atoms with Crippen molar-refractivity contribution in [1.82, 2.24) is 16.0 Å². The number of phenols is 1. The van der Waals surface area contributed by atoms with Crippen molar-refractivity contribution >= 4 is 29.7 Å². The van der Waals surface area contributed by atoms with Crippen molar-refractivity contribution in [3.8, 4) is 5.75 Å². The quantitative estimate of drug-likeness (QED) is 0.198. The van der Waals surface area contributed by atoms with Gasteiger partial charge in [-0.15, -0.1) is 0 Å². The van der Waals surface area contributed by atoms with Gasteiger partial charge in [-0.1, -0.05) is 26.0 Å². The SMILES string of the molecule is CC(C)C(NC(=O)C(CC(=O)O)NC(=O)CN)C(=O)NC(Cc1ccc(O)cc1)C(=O)O. The van der Waals surface area contributed by atoms with Crippen LogP contribution in [0, 0.1) is 5.92 Å².